The van der Waals surface area contributed by atoms with Gasteiger partial charge in [-0.1, -0.05) is 70.9 Å². The van der Waals surface area contributed by atoms with Gasteiger partial charge in [0.2, 0.25) is 4.96 Å². The Kier molecular flexibility index (Phi) is 5.17. The summed E-state index contributed by atoms with van der Waals surface area (Å²) in [5.74, 6) is -0.495. The molecule has 1 amide bonds. The second kappa shape index (κ2) is 8.27. The Morgan fingerprint density at radius 1 is 0.943 bits per heavy atom. The van der Waals surface area contributed by atoms with Crippen molar-refractivity contribution in [3.63, 3.8) is 0 Å². The summed E-state index contributed by atoms with van der Waals surface area (Å²) in [5.41, 5.74) is 1.94. The highest BCUT2D eigenvalue weighted by Crippen LogP contribution is 2.36. The molecule has 0 bridgehead atoms. The van der Waals surface area contributed by atoms with Gasteiger partial charge in [0.25, 0.3) is 11.5 Å². The number of benzene rings is 3. The first kappa shape index (κ1) is 21.9. The number of fused-ring (bicyclic) bond motifs is 2. The second-order valence-corrected chi connectivity index (χ2v) is 9.69. The number of carbonyl (C=O) groups excluding carboxylic acids is 1. The number of para-hydroxylation sites is 1. The fourth-order valence-corrected chi connectivity index (χ4v) is 5.61. The topological polar surface area (TPSA) is 67.6 Å². The Hall–Kier alpha value is -3.59. The van der Waals surface area contributed by atoms with Crippen molar-refractivity contribution in [1.82, 2.24) is 14.6 Å². The van der Waals surface area contributed by atoms with Crippen LogP contribution in [0.15, 0.2) is 71.5 Å². The van der Waals surface area contributed by atoms with E-state index in [0.29, 0.717) is 37.4 Å². The summed E-state index contributed by atoms with van der Waals surface area (Å²) in [6.45, 7) is 0.0418. The molecule has 2 aromatic heterocycles. The van der Waals surface area contributed by atoms with Gasteiger partial charge in [-0.25, -0.2) is 4.39 Å². The lowest BCUT2D eigenvalue weighted by Crippen LogP contribution is -2.32. The molecule has 6 rings (SSSR count). The van der Waals surface area contributed by atoms with Gasteiger partial charge < -0.3 is 4.90 Å². The molecule has 6 nitrogen and oxygen atoms in total. The van der Waals surface area contributed by atoms with Gasteiger partial charge in [-0.2, -0.15) is 9.50 Å². The number of anilines is 1. The van der Waals surface area contributed by atoms with Crippen LogP contribution in [0, 0.1) is 5.82 Å². The molecule has 35 heavy (non-hydrogen) atoms. The van der Waals surface area contributed by atoms with Crippen LogP contribution in [0.4, 0.5) is 10.1 Å². The molecule has 0 radical (unpaired) electrons. The summed E-state index contributed by atoms with van der Waals surface area (Å²) >= 11 is 13.3. The first-order valence-corrected chi connectivity index (χ1v) is 12.0. The zero-order valence-electron chi connectivity index (χ0n) is 17.7. The molecule has 0 fully saturated rings. The SMILES string of the molecule is O=C1/C(=c2\sc3nc(-c4ccc(Cl)cc4Cl)nn3c2=O)c2ccccc2N1Cc1ccccc1F. The number of rotatable bonds is 3. The van der Waals surface area contributed by atoms with E-state index in [1.54, 1.807) is 60.7 Å². The zero-order valence-corrected chi connectivity index (χ0v) is 20.0. The fourth-order valence-electron chi connectivity index (χ4n) is 4.12. The monoisotopic (exact) mass is 522 g/mol. The quantitative estimate of drug-likeness (QED) is 0.343. The van der Waals surface area contributed by atoms with Crippen LogP contribution < -0.4 is 15.0 Å². The maximum atomic E-state index is 14.3. The summed E-state index contributed by atoms with van der Waals surface area (Å²) in [6.07, 6.45) is 0. The molecular formula is C25H13Cl2FN4O2S. The molecule has 1 aliphatic rings. The van der Waals surface area contributed by atoms with E-state index >= 15 is 0 Å². The van der Waals surface area contributed by atoms with Crippen molar-refractivity contribution < 1.29 is 9.18 Å². The lowest BCUT2D eigenvalue weighted by atomic mass is 10.1. The van der Waals surface area contributed by atoms with Crippen LogP contribution in [0.2, 0.25) is 10.0 Å². The highest BCUT2D eigenvalue weighted by atomic mass is 35.5. The largest absolute Gasteiger partial charge is 0.303 e. The Morgan fingerprint density at radius 2 is 1.71 bits per heavy atom. The van der Waals surface area contributed by atoms with Crippen LogP contribution in [0.5, 0.6) is 0 Å². The third-order valence-electron chi connectivity index (χ3n) is 5.77. The van der Waals surface area contributed by atoms with Crippen molar-refractivity contribution in [2.75, 3.05) is 4.90 Å². The van der Waals surface area contributed by atoms with Crippen LogP contribution in [0.3, 0.4) is 0 Å². The average molecular weight is 523 g/mol. The van der Waals surface area contributed by atoms with Crippen LogP contribution in [0.25, 0.3) is 21.9 Å². The van der Waals surface area contributed by atoms with Crippen molar-refractivity contribution in [1.29, 1.82) is 0 Å². The summed E-state index contributed by atoms with van der Waals surface area (Å²) < 4.78 is 15.7. The third-order valence-corrected chi connectivity index (χ3v) is 7.34. The maximum Gasteiger partial charge on any atom is 0.291 e. The number of nitrogens with zero attached hydrogens (tertiary/aromatic N) is 4. The molecule has 0 unspecified atom stereocenters. The third kappa shape index (κ3) is 3.53. The number of hydrogen-bond acceptors (Lipinski definition) is 5. The molecule has 5 aromatic rings. The lowest BCUT2D eigenvalue weighted by Gasteiger charge is -2.17. The van der Waals surface area contributed by atoms with Gasteiger partial charge in [0.05, 0.1) is 22.8 Å². The first-order valence-electron chi connectivity index (χ1n) is 10.5. The van der Waals surface area contributed by atoms with Crippen LogP contribution in [-0.2, 0) is 11.3 Å². The minimum atomic E-state index is -0.459. The highest BCUT2D eigenvalue weighted by Gasteiger charge is 2.34. The van der Waals surface area contributed by atoms with Gasteiger partial charge in [0, 0.05) is 21.7 Å². The van der Waals surface area contributed by atoms with E-state index in [0.717, 1.165) is 11.3 Å². The fraction of sp³-hybridized carbons (Fsp3) is 0.0400. The molecule has 3 aromatic carbocycles. The minimum Gasteiger partial charge on any atom is -0.303 e. The van der Waals surface area contributed by atoms with Crippen molar-refractivity contribution in [3.05, 3.63) is 109 Å². The number of aromatic nitrogens is 3. The van der Waals surface area contributed by atoms with Crippen LogP contribution >= 0.6 is 34.5 Å². The van der Waals surface area contributed by atoms with Gasteiger partial charge in [-0.05, 0) is 30.3 Å². The Morgan fingerprint density at radius 3 is 2.49 bits per heavy atom. The van der Waals surface area contributed by atoms with Crippen LogP contribution in [0.1, 0.15) is 11.1 Å². The predicted octanol–water partition coefficient (Wildman–Crippen LogP) is 4.73. The van der Waals surface area contributed by atoms with Gasteiger partial charge in [0.1, 0.15) is 10.3 Å². The molecule has 0 spiro atoms. The molecule has 0 atom stereocenters. The van der Waals surface area contributed by atoms with E-state index in [2.05, 4.69) is 10.1 Å². The van der Waals surface area contributed by atoms with Gasteiger partial charge in [0.15, 0.2) is 5.82 Å². The zero-order chi connectivity index (χ0) is 24.3. The van der Waals surface area contributed by atoms with Crippen molar-refractivity contribution >= 4 is 56.7 Å². The first-order chi connectivity index (χ1) is 16.9. The number of amides is 1. The van der Waals surface area contributed by atoms with Crippen LogP contribution in [-0.4, -0.2) is 20.5 Å². The van der Waals surface area contributed by atoms with E-state index in [9.17, 15) is 14.0 Å². The molecule has 3 heterocycles. The minimum absolute atomic E-state index is 0.0418. The number of halogens is 3. The van der Waals surface area contributed by atoms with E-state index < -0.39 is 11.4 Å². The molecule has 0 aliphatic carbocycles. The van der Waals surface area contributed by atoms with Crippen molar-refractivity contribution in [2.24, 2.45) is 0 Å². The van der Waals surface area contributed by atoms with Crippen molar-refractivity contribution in [3.8, 4) is 11.4 Å². The summed E-state index contributed by atoms with van der Waals surface area (Å²) in [4.78, 5) is 33.2. The summed E-state index contributed by atoms with van der Waals surface area (Å²) in [5, 5.41) is 5.17. The van der Waals surface area contributed by atoms with Gasteiger partial charge in [-0.15, -0.1) is 5.10 Å². The molecule has 10 heteroatoms. The Bertz CT molecular complexity index is 1780. The smallest absolute Gasteiger partial charge is 0.291 e. The van der Waals surface area contributed by atoms with Gasteiger partial charge >= 0.3 is 0 Å². The second-order valence-electron chi connectivity index (χ2n) is 7.87. The van der Waals surface area contributed by atoms with E-state index in [1.807, 2.05) is 0 Å². The standard InChI is InChI=1S/C25H13Cl2FN4O2S/c26-14-9-10-15(17(27)11-14)22-29-25-32(30-22)24(34)21(35-25)20-16-6-2-4-8-19(16)31(23(20)33)12-13-5-1-3-7-18(13)28/h1-11H,12H2/b21-20-. The maximum absolute atomic E-state index is 14.3. The number of hydrogen-bond donors (Lipinski definition) is 0. The molecule has 0 N–H and O–H groups in total. The summed E-state index contributed by atoms with van der Waals surface area (Å²) in [7, 11) is 0. The average Bonchev–Trinajstić information content (AvgIpc) is 3.46. The van der Waals surface area contributed by atoms with Gasteiger partial charge in [-0.3, -0.25) is 9.59 Å². The molecule has 1 aliphatic heterocycles. The lowest BCUT2D eigenvalue weighted by molar-refractivity contribution is -0.113. The Balaban J connectivity index is 1.50. The number of carbonyl (C=O) groups is 1. The molecule has 0 saturated heterocycles. The molecule has 0 saturated carbocycles. The summed E-state index contributed by atoms with van der Waals surface area (Å²) in [6, 6.07) is 18.4. The number of thiazole rings is 1. The Labute approximate surface area is 211 Å². The van der Waals surface area contributed by atoms with E-state index in [-0.39, 0.29) is 28.4 Å². The van der Waals surface area contributed by atoms with E-state index in [1.165, 1.54) is 15.5 Å². The van der Waals surface area contributed by atoms with Crippen molar-refractivity contribution in [2.45, 2.75) is 6.54 Å². The molecular weight excluding hydrogens is 510 g/mol. The van der Waals surface area contributed by atoms with E-state index in [4.69, 9.17) is 23.2 Å². The normalized spacial score (nSPS) is 14.7. The highest BCUT2D eigenvalue weighted by molar-refractivity contribution is 7.15. The molecule has 172 valence electrons. The predicted molar refractivity (Wildman–Crippen MR) is 134 cm³/mol.